The van der Waals surface area contributed by atoms with E-state index >= 15 is 0 Å². The normalized spacial score (nSPS) is 11.9. The number of benzene rings is 2. The molecule has 0 fully saturated rings. The number of nitrogens with one attached hydrogen (secondary N) is 2. The molecule has 0 heterocycles. The van der Waals surface area contributed by atoms with E-state index in [4.69, 9.17) is 0 Å². The van der Waals surface area contributed by atoms with Crippen LogP contribution in [-0.4, -0.2) is 30.2 Å². The van der Waals surface area contributed by atoms with Crippen molar-refractivity contribution in [3.63, 3.8) is 0 Å². The smallest absolute Gasteiger partial charge is 0.251 e. The van der Waals surface area contributed by atoms with Crippen molar-refractivity contribution in [2.75, 3.05) is 12.3 Å². The number of hydrogen-bond donors (Lipinski definition) is 2. The molecule has 4 nitrogen and oxygen atoms in total. The summed E-state index contributed by atoms with van der Waals surface area (Å²) < 4.78 is 13.0. The first kappa shape index (κ1) is 21.0. The zero-order valence-corrected chi connectivity index (χ0v) is 16.4. The minimum Gasteiger partial charge on any atom is -0.354 e. The van der Waals surface area contributed by atoms with E-state index in [2.05, 4.69) is 22.8 Å². The molecular weight excluding hydrogens is 363 g/mol. The summed E-state index contributed by atoms with van der Waals surface area (Å²) in [7, 11) is 0. The van der Waals surface area contributed by atoms with Crippen LogP contribution in [0.5, 0.6) is 0 Å². The molecule has 0 aliphatic rings. The predicted octanol–water partition coefficient (Wildman–Crippen LogP) is 3.88. The highest BCUT2D eigenvalue weighted by Crippen LogP contribution is 2.17. The maximum atomic E-state index is 13.0. The maximum Gasteiger partial charge on any atom is 0.251 e. The number of carbonyl (C=O) groups is 2. The first-order chi connectivity index (χ1) is 13.0. The molecule has 0 radical (unpaired) electrons. The minimum atomic E-state index is -0.635. The molecule has 2 aromatic rings. The summed E-state index contributed by atoms with van der Waals surface area (Å²) in [6.07, 6.45) is 0.835. The molecule has 6 heteroatoms. The van der Waals surface area contributed by atoms with Gasteiger partial charge in [-0.2, -0.15) is 0 Å². The standard InChI is InChI=1S/C21H25FN2O2S/c1-15(2)19(24-20(25)16-9-11-17(22)12-10-16)21(26)23-13-6-14-27-18-7-4-3-5-8-18/h3-5,7-12,15,19H,6,13-14H2,1-2H3,(H,23,26)(H,24,25). The summed E-state index contributed by atoms with van der Waals surface area (Å²) in [5, 5.41) is 5.63. The van der Waals surface area contributed by atoms with Crippen LogP contribution in [0.15, 0.2) is 59.5 Å². The zero-order valence-electron chi connectivity index (χ0n) is 15.6. The number of halogens is 1. The monoisotopic (exact) mass is 388 g/mol. The molecule has 0 spiro atoms. The molecule has 2 amide bonds. The van der Waals surface area contributed by atoms with Crippen LogP contribution in [0.1, 0.15) is 30.6 Å². The van der Waals surface area contributed by atoms with Gasteiger partial charge in [0.25, 0.3) is 5.91 Å². The summed E-state index contributed by atoms with van der Waals surface area (Å²) in [6.45, 7) is 4.30. The number of rotatable bonds is 9. The highest BCUT2D eigenvalue weighted by Gasteiger charge is 2.24. The molecule has 1 unspecified atom stereocenters. The molecule has 27 heavy (non-hydrogen) atoms. The topological polar surface area (TPSA) is 58.2 Å². The lowest BCUT2D eigenvalue weighted by Crippen LogP contribution is -2.49. The number of carbonyl (C=O) groups excluding carboxylic acids is 2. The van der Waals surface area contributed by atoms with Crippen LogP contribution in [0.25, 0.3) is 0 Å². The molecule has 0 aromatic heterocycles. The second-order valence-corrected chi connectivity index (χ2v) is 7.68. The molecule has 0 aliphatic carbocycles. The van der Waals surface area contributed by atoms with Crippen LogP contribution in [-0.2, 0) is 4.79 Å². The van der Waals surface area contributed by atoms with E-state index in [1.165, 1.54) is 29.2 Å². The second-order valence-electron chi connectivity index (χ2n) is 6.51. The van der Waals surface area contributed by atoms with Gasteiger partial charge in [-0.1, -0.05) is 32.0 Å². The van der Waals surface area contributed by atoms with Gasteiger partial charge in [0, 0.05) is 17.0 Å². The molecule has 144 valence electrons. The molecule has 2 N–H and O–H groups in total. The fourth-order valence-corrected chi connectivity index (χ4v) is 3.34. The van der Waals surface area contributed by atoms with Gasteiger partial charge in [-0.15, -0.1) is 11.8 Å². The quantitative estimate of drug-likeness (QED) is 0.506. The van der Waals surface area contributed by atoms with Gasteiger partial charge in [-0.25, -0.2) is 4.39 Å². The average Bonchev–Trinajstić information content (AvgIpc) is 2.66. The Morgan fingerprint density at radius 1 is 1.04 bits per heavy atom. The first-order valence-electron chi connectivity index (χ1n) is 8.99. The van der Waals surface area contributed by atoms with Gasteiger partial charge in [-0.05, 0) is 54.5 Å². The summed E-state index contributed by atoms with van der Waals surface area (Å²) >= 11 is 1.74. The van der Waals surface area contributed by atoms with E-state index in [0.717, 1.165) is 12.2 Å². The van der Waals surface area contributed by atoms with Crippen LogP contribution < -0.4 is 10.6 Å². The lowest BCUT2D eigenvalue weighted by atomic mass is 10.0. The van der Waals surface area contributed by atoms with Crippen molar-refractivity contribution in [1.29, 1.82) is 0 Å². The summed E-state index contributed by atoms with van der Waals surface area (Å²) in [6, 6.07) is 14.7. The Balaban J connectivity index is 1.78. The largest absolute Gasteiger partial charge is 0.354 e. The van der Waals surface area contributed by atoms with E-state index in [0.29, 0.717) is 12.1 Å². The Morgan fingerprint density at radius 3 is 2.33 bits per heavy atom. The average molecular weight is 389 g/mol. The van der Waals surface area contributed by atoms with E-state index in [-0.39, 0.29) is 17.7 Å². The fraction of sp³-hybridized carbons (Fsp3) is 0.333. The lowest BCUT2D eigenvalue weighted by Gasteiger charge is -2.21. The number of amides is 2. The van der Waals surface area contributed by atoms with E-state index in [1.54, 1.807) is 11.8 Å². The summed E-state index contributed by atoms with van der Waals surface area (Å²) in [5.74, 6) is -0.154. The Bertz CT molecular complexity index is 736. The number of hydrogen-bond acceptors (Lipinski definition) is 3. The molecule has 0 saturated carbocycles. The Kier molecular flexibility index (Phi) is 8.33. The summed E-state index contributed by atoms with van der Waals surface area (Å²) in [4.78, 5) is 25.9. The molecule has 0 aliphatic heterocycles. The van der Waals surface area contributed by atoms with Crippen molar-refractivity contribution in [2.45, 2.75) is 31.2 Å². The van der Waals surface area contributed by atoms with Crippen LogP contribution in [0.4, 0.5) is 4.39 Å². The molecule has 2 rings (SSSR count). The lowest BCUT2D eigenvalue weighted by molar-refractivity contribution is -0.123. The van der Waals surface area contributed by atoms with Gasteiger partial charge in [0.1, 0.15) is 11.9 Å². The second kappa shape index (κ2) is 10.7. The minimum absolute atomic E-state index is 0.0620. The summed E-state index contributed by atoms with van der Waals surface area (Å²) in [5.41, 5.74) is 0.328. The van der Waals surface area contributed by atoms with Gasteiger partial charge in [0.15, 0.2) is 0 Å². The molecule has 0 bridgehead atoms. The van der Waals surface area contributed by atoms with Gasteiger partial charge < -0.3 is 10.6 Å². The van der Waals surface area contributed by atoms with Crippen molar-refractivity contribution in [3.8, 4) is 0 Å². The molecule has 0 saturated heterocycles. The molecule has 1 atom stereocenters. The van der Waals surface area contributed by atoms with Crippen LogP contribution in [0, 0.1) is 11.7 Å². The van der Waals surface area contributed by atoms with E-state index in [1.807, 2.05) is 32.0 Å². The van der Waals surface area contributed by atoms with Crippen molar-refractivity contribution in [1.82, 2.24) is 10.6 Å². The molecular formula is C21H25FN2O2S. The van der Waals surface area contributed by atoms with Crippen molar-refractivity contribution >= 4 is 23.6 Å². The highest BCUT2D eigenvalue weighted by atomic mass is 32.2. The highest BCUT2D eigenvalue weighted by molar-refractivity contribution is 7.99. The Hall–Kier alpha value is -2.34. The fourth-order valence-electron chi connectivity index (χ4n) is 2.46. The van der Waals surface area contributed by atoms with E-state index in [9.17, 15) is 14.0 Å². The van der Waals surface area contributed by atoms with Crippen molar-refractivity contribution in [2.24, 2.45) is 5.92 Å². The van der Waals surface area contributed by atoms with Gasteiger partial charge in [0.2, 0.25) is 5.91 Å². The van der Waals surface area contributed by atoms with Crippen LogP contribution in [0.3, 0.4) is 0 Å². The zero-order chi connectivity index (χ0) is 19.6. The third-order valence-electron chi connectivity index (χ3n) is 3.97. The van der Waals surface area contributed by atoms with Crippen molar-refractivity contribution in [3.05, 3.63) is 66.0 Å². The Morgan fingerprint density at radius 2 is 1.70 bits per heavy atom. The van der Waals surface area contributed by atoms with E-state index < -0.39 is 11.9 Å². The number of thioether (sulfide) groups is 1. The van der Waals surface area contributed by atoms with Crippen molar-refractivity contribution < 1.29 is 14.0 Å². The SMILES string of the molecule is CC(C)C(NC(=O)c1ccc(F)cc1)C(=O)NCCCSc1ccccc1. The molecule has 2 aromatic carbocycles. The van der Waals surface area contributed by atoms with Crippen LogP contribution >= 0.6 is 11.8 Å². The van der Waals surface area contributed by atoms with Gasteiger partial charge in [0.05, 0.1) is 0 Å². The van der Waals surface area contributed by atoms with Gasteiger partial charge >= 0.3 is 0 Å². The van der Waals surface area contributed by atoms with Gasteiger partial charge in [-0.3, -0.25) is 9.59 Å². The first-order valence-corrected chi connectivity index (χ1v) is 9.98. The maximum absolute atomic E-state index is 13.0. The third-order valence-corrected chi connectivity index (χ3v) is 5.07. The van der Waals surface area contributed by atoms with Crippen LogP contribution in [0.2, 0.25) is 0 Å². The Labute approximate surface area is 163 Å². The third kappa shape index (κ3) is 7.06. The predicted molar refractivity (Wildman–Crippen MR) is 107 cm³/mol.